The van der Waals surface area contributed by atoms with E-state index < -0.39 is 0 Å². The van der Waals surface area contributed by atoms with Crippen molar-refractivity contribution in [2.24, 2.45) is 7.05 Å². The molecule has 0 bridgehead atoms. The van der Waals surface area contributed by atoms with Gasteiger partial charge in [-0.3, -0.25) is 0 Å². The number of aryl methyl sites for hydroxylation is 1. The molecule has 3 rings (SSSR count). The molecule has 0 unspecified atom stereocenters. The van der Waals surface area contributed by atoms with Crippen molar-refractivity contribution in [1.82, 2.24) is 0 Å². The quantitative estimate of drug-likeness (QED) is 0.341. The van der Waals surface area contributed by atoms with Crippen LogP contribution in [0.25, 0.3) is 21.8 Å². The molecule has 0 spiro atoms. The monoisotopic (exact) mass is 331 g/mol. The van der Waals surface area contributed by atoms with E-state index in [0.29, 0.717) is 0 Å². The molecule has 108 valence electrons. The zero-order valence-electron chi connectivity index (χ0n) is 10.8. The molecular formula is C14H16Cl3N3. The van der Waals surface area contributed by atoms with Crippen LogP contribution in [0.15, 0.2) is 42.5 Å². The summed E-state index contributed by atoms with van der Waals surface area (Å²) in [5.74, 6) is 0. The highest BCUT2D eigenvalue weighted by Gasteiger charge is 2.11. The van der Waals surface area contributed by atoms with Crippen LogP contribution in [0.1, 0.15) is 0 Å². The summed E-state index contributed by atoms with van der Waals surface area (Å²) in [6, 6.07) is 14.1. The van der Waals surface area contributed by atoms with Gasteiger partial charge in [-0.05, 0) is 30.3 Å². The van der Waals surface area contributed by atoms with E-state index in [-0.39, 0.29) is 37.2 Å². The lowest BCUT2D eigenvalue weighted by molar-refractivity contribution is -0.617. The zero-order chi connectivity index (χ0) is 12.0. The van der Waals surface area contributed by atoms with Crippen molar-refractivity contribution >= 4 is 58.0 Å². The molecule has 3 nitrogen and oxygen atoms in total. The van der Waals surface area contributed by atoms with Gasteiger partial charge in [0.15, 0.2) is 0 Å². The van der Waals surface area contributed by atoms with Gasteiger partial charge in [-0.25, -0.2) is 0 Å². The van der Waals surface area contributed by atoms with Crippen LogP contribution >= 0.6 is 24.8 Å². The van der Waals surface area contributed by atoms with Crippen molar-refractivity contribution < 1.29 is 17.0 Å². The molecule has 0 fully saturated rings. The third-order valence-corrected chi connectivity index (χ3v) is 3.14. The first-order valence-electron chi connectivity index (χ1n) is 5.53. The molecular weight excluding hydrogens is 317 g/mol. The lowest BCUT2D eigenvalue weighted by Gasteiger charge is -2.03. The maximum absolute atomic E-state index is 5.83. The number of hydrogen-bond acceptors (Lipinski definition) is 2. The molecule has 0 atom stereocenters. The van der Waals surface area contributed by atoms with Crippen LogP contribution in [0.3, 0.4) is 0 Å². The Morgan fingerprint density at radius 2 is 1.15 bits per heavy atom. The molecule has 0 saturated carbocycles. The highest BCUT2D eigenvalue weighted by molar-refractivity contribution is 5.91. The Bertz CT molecular complexity index is 684. The van der Waals surface area contributed by atoms with Crippen molar-refractivity contribution in [3.05, 3.63) is 42.5 Å². The number of rotatable bonds is 0. The van der Waals surface area contributed by atoms with E-state index in [4.69, 9.17) is 11.5 Å². The minimum Gasteiger partial charge on any atom is -1.00 e. The molecule has 3 aromatic rings. The number of nitrogen functional groups attached to an aromatic ring is 2. The fraction of sp³-hybridized carbons (Fsp3) is 0.0714. The van der Waals surface area contributed by atoms with Gasteiger partial charge in [0.25, 0.3) is 0 Å². The first-order valence-corrected chi connectivity index (χ1v) is 5.53. The summed E-state index contributed by atoms with van der Waals surface area (Å²) in [4.78, 5) is 0. The summed E-state index contributed by atoms with van der Waals surface area (Å²) in [5.41, 5.74) is 15.4. The first-order chi connectivity index (χ1) is 8.15. The fourth-order valence-electron chi connectivity index (χ4n) is 2.24. The Morgan fingerprint density at radius 1 is 0.750 bits per heavy atom. The van der Waals surface area contributed by atoms with E-state index in [0.717, 1.165) is 22.4 Å². The maximum atomic E-state index is 5.83. The Kier molecular flexibility index (Phi) is 6.35. The number of anilines is 2. The highest BCUT2D eigenvalue weighted by Crippen LogP contribution is 2.21. The van der Waals surface area contributed by atoms with Crippen LogP contribution in [-0.4, -0.2) is 0 Å². The molecule has 0 aliphatic carbocycles. The van der Waals surface area contributed by atoms with Crippen molar-refractivity contribution in [2.45, 2.75) is 0 Å². The molecule has 1 aromatic heterocycles. The summed E-state index contributed by atoms with van der Waals surface area (Å²) >= 11 is 0. The molecule has 20 heavy (non-hydrogen) atoms. The highest BCUT2D eigenvalue weighted by atomic mass is 35.5. The van der Waals surface area contributed by atoms with Gasteiger partial charge in [-0.15, -0.1) is 24.8 Å². The predicted octanol–water partition coefficient (Wildman–Crippen LogP) is -0.171. The molecule has 0 aliphatic rings. The van der Waals surface area contributed by atoms with E-state index in [9.17, 15) is 0 Å². The van der Waals surface area contributed by atoms with E-state index in [1.165, 1.54) is 10.8 Å². The molecule has 0 amide bonds. The number of nitrogens with zero attached hydrogens (tertiary/aromatic N) is 1. The van der Waals surface area contributed by atoms with Gasteiger partial charge in [0.05, 0.1) is 0 Å². The van der Waals surface area contributed by atoms with E-state index in [1.54, 1.807) is 0 Å². The number of benzene rings is 2. The lowest BCUT2D eigenvalue weighted by atomic mass is 10.1. The van der Waals surface area contributed by atoms with Gasteiger partial charge in [-0.1, -0.05) is 0 Å². The van der Waals surface area contributed by atoms with Crippen LogP contribution in [0.4, 0.5) is 11.4 Å². The van der Waals surface area contributed by atoms with Gasteiger partial charge in [0.2, 0.25) is 11.0 Å². The van der Waals surface area contributed by atoms with Crippen LogP contribution in [0.2, 0.25) is 0 Å². The average molecular weight is 333 g/mol. The Balaban J connectivity index is 0.00000120. The summed E-state index contributed by atoms with van der Waals surface area (Å²) in [7, 11) is 2.03. The van der Waals surface area contributed by atoms with Gasteiger partial charge in [-0.2, -0.15) is 4.57 Å². The Hall–Kier alpha value is -1.42. The maximum Gasteiger partial charge on any atom is 0.214 e. The minimum atomic E-state index is 0. The molecule has 0 saturated heterocycles. The second-order valence-corrected chi connectivity index (χ2v) is 4.34. The number of hydrogen-bond donors (Lipinski definition) is 2. The van der Waals surface area contributed by atoms with E-state index in [2.05, 4.69) is 10.6 Å². The number of pyridine rings is 1. The lowest BCUT2D eigenvalue weighted by Crippen LogP contribution is -3.00. The standard InChI is InChI=1S/C14H13N3.3ClH/c1-17-13-7-11(15)4-2-9(13)6-10-3-5-12(16)8-14(10)17;;;/h2-8H,1H3,(H3,15,16);3*1H. The zero-order valence-corrected chi connectivity index (χ0v) is 13.2. The molecule has 4 N–H and O–H groups in total. The predicted molar refractivity (Wildman–Crippen MR) is 86.0 cm³/mol. The van der Waals surface area contributed by atoms with Gasteiger partial charge < -0.3 is 23.9 Å². The first kappa shape index (κ1) is 18.6. The van der Waals surface area contributed by atoms with E-state index in [1.807, 2.05) is 43.4 Å². The summed E-state index contributed by atoms with van der Waals surface area (Å²) < 4.78 is 2.12. The minimum absolute atomic E-state index is 0. The van der Waals surface area contributed by atoms with Crippen LogP contribution in [0, 0.1) is 0 Å². The summed E-state index contributed by atoms with van der Waals surface area (Å²) in [5, 5.41) is 2.36. The smallest absolute Gasteiger partial charge is 0.214 e. The number of nitrogens with two attached hydrogens (primary N) is 2. The fourth-order valence-corrected chi connectivity index (χ4v) is 2.24. The SMILES string of the molecule is C[n+]1c2cc(N)ccc2cc2ccc(N)cc21.Cl.Cl.[Cl-]. The topological polar surface area (TPSA) is 55.9 Å². The van der Waals surface area contributed by atoms with Crippen LogP contribution in [0.5, 0.6) is 0 Å². The van der Waals surface area contributed by atoms with Crippen molar-refractivity contribution in [1.29, 1.82) is 0 Å². The summed E-state index contributed by atoms with van der Waals surface area (Å²) in [6.07, 6.45) is 0. The molecule has 2 aromatic carbocycles. The third kappa shape index (κ3) is 3.01. The van der Waals surface area contributed by atoms with Crippen molar-refractivity contribution in [3.63, 3.8) is 0 Å². The largest absolute Gasteiger partial charge is 1.00 e. The summed E-state index contributed by atoms with van der Waals surface area (Å²) in [6.45, 7) is 0. The second kappa shape index (κ2) is 6.84. The van der Waals surface area contributed by atoms with Crippen LogP contribution < -0.4 is 28.4 Å². The van der Waals surface area contributed by atoms with Crippen LogP contribution in [-0.2, 0) is 7.05 Å². The Labute approximate surface area is 136 Å². The third-order valence-electron chi connectivity index (χ3n) is 3.14. The Morgan fingerprint density at radius 3 is 1.55 bits per heavy atom. The average Bonchev–Trinajstić information content (AvgIpc) is 2.32. The molecule has 1 heterocycles. The molecule has 6 heteroatoms. The normalized spacial score (nSPS) is 9.45. The van der Waals surface area contributed by atoms with Gasteiger partial charge in [0.1, 0.15) is 7.05 Å². The van der Waals surface area contributed by atoms with Crippen molar-refractivity contribution in [3.8, 4) is 0 Å². The second-order valence-electron chi connectivity index (χ2n) is 4.34. The van der Waals surface area contributed by atoms with Gasteiger partial charge in [0, 0.05) is 34.3 Å². The van der Waals surface area contributed by atoms with Crippen molar-refractivity contribution in [2.75, 3.05) is 11.5 Å². The molecule has 0 aliphatic heterocycles. The number of halogens is 3. The number of aromatic nitrogens is 1. The van der Waals surface area contributed by atoms with E-state index >= 15 is 0 Å². The molecule has 0 radical (unpaired) electrons. The number of fused-ring (bicyclic) bond motifs is 2. The van der Waals surface area contributed by atoms with Gasteiger partial charge >= 0.3 is 0 Å².